The molecular weight excluding hydrogens is 204 g/mol. The van der Waals surface area contributed by atoms with Crippen LogP contribution in [0.1, 0.15) is 27.2 Å². The summed E-state index contributed by atoms with van der Waals surface area (Å²) >= 11 is 0. The second-order valence-electron chi connectivity index (χ2n) is 4.04. The van der Waals surface area contributed by atoms with Crippen molar-refractivity contribution in [2.24, 2.45) is 11.8 Å². The van der Waals surface area contributed by atoms with Crippen molar-refractivity contribution in [1.82, 2.24) is 9.97 Å². The molecule has 1 rings (SSSR count). The van der Waals surface area contributed by atoms with Gasteiger partial charge in [0.25, 0.3) is 0 Å². The van der Waals surface area contributed by atoms with E-state index >= 15 is 0 Å². The SMILES string of the molecule is CCC(Nc1cc(NN)nc(N)n1)C(C)C. The van der Waals surface area contributed by atoms with E-state index in [2.05, 4.69) is 41.5 Å². The standard InChI is InChI=1S/C10H20N6/c1-4-7(6(2)3)13-8-5-9(16-12)15-10(11)14-8/h5-7H,4,12H2,1-3H3,(H4,11,13,14,15,16). The van der Waals surface area contributed by atoms with Gasteiger partial charge in [-0.3, -0.25) is 0 Å². The number of nitrogens with zero attached hydrogens (tertiary/aromatic N) is 2. The van der Waals surface area contributed by atoms with Gasteiger partial charge < -0.3 is 16.5 Å². The number of nitrogens with two attached hydrogens (primary N) is 2. The average Bonchev–Trinajstić information content (AvgIpc) is 2.24. The summed E-state index contributed by atoms with van der Waals surface area (Å²) in [6.45, 7) is 6.45. The first-order chi connectivity index (χ1) is 7.56. The van der Waals surface area contributed by atoms with Gasteiger partial charge in [0.1, 0.15) is 11.6 Å². The van der Waals surface area contributed by atoms with Crippen molar-refractivity contribution in [3.05, 3.63) is 6.07 Å². The smallest absolute Gasteiger partial charge is 0.223 e. The molecule has 1 unspecified atom stereocenters. The lowest BCUT2D eigenvalue weighted by atomic mass is 10.0. The minimum absolute atomic E-state index is 0.205. The fraction of sp³-hybridized carbons (Fsp3) is 0.600. The van der Waals surface area contributed by atoms with E-state index in [1.54, 1.807) is 6.07 Å². The van der Waals surface area contributed by atoms with Crippen LogP contribution >= 0.6 is 0 Å². The van der Waals surface area contributed by atoms with Crippen molar-refractivity contribution in [1.29, 1.82) is 0 Å². The molecule has 0 aromatic carbocycles. The summed E-state index contributed by atoms with van der Waals surface area (Å²) in [7, 11) is 0. The summed E-state index contributed by atoms with van der Waals surface area (Å²) in [6.07, 6.45) is 1.02. The second kappa shape index (κ2) is 5.50. The summed E-state index contributed by atoms with van der Waals surface area (Å²) in [5.74, 6) is 7.22. The Morgan fingerprint density at radius 1 is 1.31 bits per heavy atom. The number of aromatic nitrogens is 2. The van der Waals surface area contributed by atoms with Gasteiger partial charge in [-0.15, -0.1) is 0 Å². The predicted octanol–water partition coefficient (Wildman–Crippen LogP) is 1.19. The zero-order valence-electron chi connectivity index (χ0n) is 9.99. The molecule has 0 saturated carbocycles. The third kappa shape index (κ3) is 3.23. The fourth-order valence-electron chi connectivity index (χ4n) is 1.54. The molecule has 6 heteroatoms. The van der Waals surface area contributed by atoms with E-state index in [4.69, 9.17) is 11.6 Å². The monoisotopic (exact) mass is 224 g/mol. The van der Waals surface area contributed by atoms with Gasteiger partial charge in [-0.1, -0.05) is 20.8 Å². The van der Waals surface area contributed by atoms with Gasteiger partial charge in [-0.2, -0.15) is 9.97 Å². The van der Waals surface area contributed by atoms with E-state index in [0.717, 1.165) is 6.42 Å². The highest BCUT2D eigenvalue weighted by Crippen LogP contribution is 2.16. The van der Waals surface area contributed by atoms with Crippen molar-refractivity contribution in [2.45, 2.75) is 33.2 Å². The Morgan fingerprint density at radius 2 is 1.94 bits per heavy atom. The number of rotatable bonds is 5. The maximum Gasteiger partial charge on any atom is 0.223 e. The van der Waals surface area contributed by atoms with E-state index in [1.807, 2.05) is 0 Å². The van der Waals surface area contributed by atoms with E-state index in [1.165, 1.54) is 0 Å². The van der Waals surface area contributed by atoms with E-state index in [0.29, 0.717) is 23.6 Å². The maximum absolute atomic E-state index is 5.57. The maximum atomic E-state index is 5.57. The minimum Gasteiger partial charge on any atom is -0.368 e. The van der Waals surface area contributed by atoms with Crippen LogP contribution in [0.15, 0.2) is 6.07 Å². The molecule has 0 spiro atoms. The molecule has 1 heterocycles. The van der Waals surface area contributed by atoms with Gasteiger partial charge in [-0.25, -0.2) is 5.84 Å². The molecule has 0 saturated heterocycles. The third-order valence-electron chi connectivity index (χ3n) is 2.47. The molecule has 0 fully saturated rings. The molecule has 1 aromatic heterocycles. The van der Waals surface area contributed by atoms with Crippen LogP contribution in [-0.4, -0.2) is 16.0 Å². The van der Waals surface area contributed by atoms with Gasteiger partial charge >= 0.3 is 0 Å². The zero-order chi connectivity index (χ0) is 12.1. The lowest BCUT2D eigenvalue weighted by Gasteiger charge is -2.21. The summed E-state index contributed by atoms with van der Waals surface area (Å²) < 4.78 is 0. The number of hydrogen-bond donors (Lipinski definition) is 4. The summed E-state index contributed by atoms with van der Waals surface area (Å²) in [5, 5.41) is 3.32. The normalized spacial score (nSPS) is 12.6. The van der Waals surface area contributed by atoms with Crippen LogP contribution in [-0.2, 0) is 0 Å². The second-order valence-corrected chi connectivity index (χ2v) is 4.04. The van der Waals surface area contributed by atoms with Crippen molar-refractivity contribution < 1.29 is 0 Å². The van der Waals surface area contributed by atoms with Crippen LogP contribution < -0.4 is 22.3 Å². The molecule has 0 aliphatic heterocycles. The summed E-state index contributed by atoms with van der Waals surface area (Å²) in [5.41, 5.74) is 8.03. The summed E-state index contributed by atoms with van der Waals surface area (Å²) in [4.78, 5) is 8.03. The number of nitrogen functional groups attached to an aromatic ring is 2. The lowest BCUT2D eigenvalue weighted by Crippen LogP contribution is -2.25. The van der Waals surface area contributed by atoms with Crippen LogP contribution in [0.4, 0.5) is 17.6 Å². The Morgan fingerprint density at radius 3 is 2.44 bits per heavy atom. The number of hydrazine groups is 1. The lowest BCUT2D eigenvalue weighted by molar-refractivity contribution is 0.510. The Labute approximate surface area is 95.8 Å². The van der Waals surface area contributed by atoms with Crippen LogP contribution in [0.3, 0.4) is 0 Å². The molecule has 0 amide bonds. The minimum atomic E-state index is 0.205. The van der Waals surface area contributed by atoms with Crippen LogP contribution in [0.2, 0.25) is 0 Å². The molecule has 6 N–H and O–H groups in total. The molecule has 0 aliphatic rings. The number of hydrogen-bond acceptors (Lipinski definition) is 6. The molecule has 0 aliphatic carbocycles. The topological polar surface area (TPSA) is 102 Å². The van der Waals surface area contributed by atoms with Crippen LogP contribution in [0.5, 0.6) is 0 Å². The molecule has 1 atom stereocenters. The third-order valence-corrected chi connectivity index (χ3v) is 2.47. The first-order valence-corrected chi connectivity index (χ1v) is 5.44. The van der Waals surface area contributed by atoms with Gasteiger partial charge in [0.2, 0.25) is 5.95 Å². The van der Waals surface area contributed by atoms with Crippen molar-refractivity contribution in [3.63, 3.8) is 0 Å². The molecule has 6 nitrogen and oxygen atoms in total. The van der Waals surface area contributed by atoms with Gasteiger partial charge in [0, 0.05) is 12.1 Å². The largest absolute Gasteiger partial charge is 0.368 e. The van der Waals surface area contributed by atoms with E-state index in [9.17, 15) is 0 Å². The molecule has 16 heavy (non-hydrogen) atoms. The quantitative estimate of drug-likeness (QED) is 0.442. The number of nitrogens with one attached hydrogen (secondary N) is 2. The Hall–Kier alpha value is -1.56. The Kier molecular flexibility index (Phi) is 4.30. The number of anilines is 3. The average molecular weight is 224 g/mol. The Bertz CT molecular complexity index is 338. The van der Waals surface area contributed by atoms with Gasteiger partial charge in [0.15, 0.2) is 0 Å². The van der Waals surface area contributed by atoms with Crippen molar-refractivity contribution in [3.8, 4) is 0 Å². The van der Waals surface area contributed by atoms with Gasteiger partial charge in [-0.05, 0) is 12.3 Å². The van der Waals surface area contributed by atoms with Crippen LogP contribution in [0, 0.1) is 5.92 Å². The molecular formula is C10H20N6. The molecule has 1 aromatic rings. The highest BCUT2D eigenvalue weighted by molar-refractivity contribution is 5.50. The van der Waals surface area contributed by atoms with E-state index < -0.39 is 0 Å². The first-order valence-electron chi connectivity index (χ1n) is 5.44. The van der Waals surface area contributed by atoms with Crippen molar-refractivity contribution >= 4 is 17.6 Å². The predicted molar refractivity (Wildman–Crippen MR) is 66.8 cm³/mol. The van der Waals surface area contributed by atoms with Gasteiger partial charge in [0.05, 0.1) is 0 Å². The first kappa shape index (κ1) is 12.5. The molecule has 90 valence electrons. The van der Waals surface area contributed by atoms with Crippen molar-refractivity contribution in [2.75, 3.05) is 16.5 Å². The van der Waals surface area contributed by atoms with Crippen LogP contribution in [0.25, 0.3) is 0 Å². The zero-order valence-corrected chi connectivity index (χ0v) is 9.99. The molecule has 0 radical (unpaired) electrons. The fourth-order valence-corrected chi connectivity index (χ4v) is 1.54. The summed E-state index contributed by atoms with van der Waals surface area (Å²) in [6, 6.07) is 2.10. The Balaban J connectivity index is 2.83. The highest BCUT2D eigenvalue weighted by atomic mass is 15.3. The molecule has 0 bridgehead atoms. The highest BCUT2D eigenvalue weighted by Gasteiger charge is 2.12. The van der Waals surface area contributed by atoms with E-state index in [-0.39, 0.29) is 5.95 Å².